The third-order valence-corrected chi connectivity index (χ3v) is 8.52. The number of hydrogen-bond donors (Lipinski definition) is 0. The van der Waals surface area contributed by atoms with Crippen LogP contribution in [0.4, 0.5) is 11.4 Å². The van der Waals surface area contributed by atoms with E-state index in [1.165, 1.54) is 44.8 Å². The molecule has 1 spiro atoms. The first kappa shape index (κ1) is 23.9. The maximum atomic E-state index is 7.03. The molecule has 6 nitrogen and oxygen atoms in total. The van der Waals surface area contributed by atoms with Crippen LogP contribution in [0, 0.1) is 47.0 Å². The summed E-state index contributed by atoms with van der Waals surface area (Å²) in [7, 11) is 0. The second kappa shape index (κ2) is 7.45. The summed E-state index contributed by atoms with van der Waals surface area (Å²) in [5, 5.41) is 4.79. The second-order valence-electron chi connectivity index (χ2n) is 12.8. The summed E-state index contributed by atoms with van der Waals surface area (Å²) >= 11 is 0. The molecule has 2 aromatic carbocycles. The molecule has 0 radical (unpaired) electrons. The lowest BCUT2D eigenvalue weighted by atomic mass is 9.92. The molecule has 0 aromatic heterocycles. The Hall–Kier alpha value is -3.22. The number of aryl methyl sites for hydroxylation is 6. The van der Waals surface area contributed by atoms with Gasteiger partial charge in [0.25, 0.3) is 5.79 Å². The minimum Gasteiger partial charge on any atom is -0.318 e. The standard InChI is InChI=1S/C32H38N4O2/c1-18-12-20(3)26(21(4)13-18)33-16-24-10-11-25-17-34(27-22(5)14-19(2)15-23(27)6)29-32(28(33)35(24)36(25)29)37-30(38-32)31(7,8)9/h10-17,28-30H,1-9H3. The van der Waals surface area contributed by atoms with Gasteiger partial charge in [0.05, 0.1) is 11.4 Å². The highest BCUT2D eigenvalue weighted by Gasteiger charge is 2.75. The van der Waals surface area contributed by atoms with E-state index in [-0.39, 0.29) is 24.0 Å². The number of hydrazine groups is 1. The Bertz CT molecular complexity index is 1330. The molecule has 2 aromatic rings. The van der Waals surface area contributed by atoms with Gasteiger partial charge in [-0.2, -0.15) is 0 Å². The fourth-order valence-corrected chi connectivity index (χ4v) is 7.29. The van der Waals surface area contributed by atoms with Crippen molar-refractivity contribution in [3.63, 3.8) is 0 Å². The normalized spacial score (nSPS) is 28.8. The van der Waals surface area contributed by atoms with Gasteiger partial charge < -0.3 is 19.3 Å². The van der Waals surface area contributed by atoms with Gasteiger partial charge in [-0.15, -0.1) is 0 Å². The Morgan fingerprint density at radius 3 is 1.34 bits per heavy atom. The molecule has 0 amide bonds. The van der Waals surface area contributed by atoms with Crippen LogP contribution in [-0.4, -0.2) is 34.4 Å². The van der Waals surface area contributed by atoms with E-state index in [0.29, 0.717) is 0 Å². The zero-order valence-electron chi connectivity index (χ0n) is 24.0. The van der Waals surface area contributed by atoms with Crippen LogP contribution in [0.15, 0.2) is 60.2 Å². The van der Waals surface area contributed by atoms with Crippen molar-refractivity contribution in [2.75, 3.05) is 9.80 Å². The van der Waals surface area contributed by atoms with Gasteiger partial charge in [-0.1, -0.05) is 56.2 Å². The van der Waals surface area contributed by atoms with E-state index in [2.05, 4.69) is 131 Å². The number of hydrogen-bond acceptors (Lipinski definition) is 6. The Kier molecular flexibility index (Phi) is 4.68. The molecule has 5 aliphatic heterocycles. The first-order chi connectivity index (χ1) is 17.9. The van der Waals surface area contributed by atoms with Crippen molar-refractivity contribution in [3.05, 3.63) is 93.6 Å². The van der Waals surface area contributed by atoms with Gasteiger partial charge in [0, 0.05) is 29.2 Å². The number of nitrogens with zero attached hydrogens (tertiary/aromatic N) is 4. The summed E-state index contributed by atoms with van der Waals surface area (Å²) in [4.78, 5) is 4.80. The topological polar surface area (TPSA) is 31.4 Å². The summed E-state index contributed by atoms with van der Waals surface area (Å²) < 4.78 is 14.1. The molecule has 7 rings (SSSR count). The number of fused-ring (bicyclic) bond motifs is 2. The smallest absolute Gasteiger partial charge is 0.257 e. The molecule has 2 saturated heterocycles. The predicted molar refractivity (Wildman–Crippen MR) is 151 cm³/mol. The minimum absolute atomic E-state index is 0.132. The number of allylic oxidation sites excluding steroid dienone is 2. The lowest BCUT2D eigenvalue weighted by Gasteiger charge is -2.55. The number of ether oxygens (including phenoxy) is 2. The van der Waals surface area contributed by atoms with E-state index >= 15 is 0 Å². The fraction of sp³-hybridized carbons (Fsp3) is 0.438. The SMILES string of the molecule is Cc1cc(C)c(N2C=C3C=CC4=CN(c5c(C)cc(C)cc5C)C5N4N3C2C52OC(C(C)(C)C)O2)c(C)c1. The third kappa shape index (κ3) is 2.96. The second-order valence-corrected chi connectivity index (χ2v) is 12.8. The molecule has 38 heavy (non-hydrogen) atoms. The average molecular weight is 511 g/mol. The van der Waals surface area contributed by atoms with Crippen LogP contribution in [0.25, 0.3) is 0 Å². The highest BCUT2D eigenvalue weighted by molar-refractivity contribution is 5.69. The molecular weight excluding hydrogens is 472 g/mol. The molecule has 2 fully saturated rings. The summed E-state index contributed by atoms with van der Waals surface area (Å²) in [5.41, 5.74) is 12.2. The van der Waals surface area contributed by atoms with Crippen LogP contribution in [0.3, 0.4) is 0 Å². The molecule has 5 aliphatic rings. The van der Waals surface area contributed by atoms with Crippen LogP contribution in [0.1, 0.15) is 54.2 Å². The van der Waals surface area contributed by atoms with Gasteiger partial charge in [0.2, 0.25) is 0 Å². The predicted octanol–water partition coefficient (Wildman–Crippen LogP) is 6.43. The number of rotatable bonds is 2. The monoisotopic (exact) mass is 510 g/mol. The quantitative estimate of drug-likeness (QED) is 0.463. The van der Waals surface area contributed by atoms with Crippen LogP contribution >= 0.6 is 0 Å². The molecule has 2 atom stereocenters. The van der Waals surface area contributed by atoms with Crippen molar-refractivity contribution in [3.8, 4) is 0 Å². The Labute approximate surface area is 226 Å². The summed E-state index contributed by atoms with van der Waals surface area (Å²) in [6, 6.07) is 9.09. The fourth-order valence-electron chi connectivity index (χ4n) is 7.29. The van der Waals surface area contributed by atoms with Crippen molar-refractivity contribution in [2.24, 2.45) is 5.41 Å². The van der Waals surface area contributed by atoms with E-state index in [9.17, 15) is 0 Å². The molecule has 2 unspecified atom stereocenters. The molecule has 6 heteroatoms. The number of benzene rings is 2. The molecule has 0 N–H and O–H groups in total. The maximum Gasteiger partial charge on any atom is 0.257 e. The first-order valence-corrected chi connectivity index (χ1v) is 13.7. The molecule has 0 aliphatic carbocycles. The molecular formula is C32H38N4O2. The highest BCUT2D eigenvalue weighted by atomic mass is 16.9. The summed E-state index contributed by atoms with van der Waals surface area (Å²) in [6.45, 7) is 19.7. The van der Waals surface area contributed by atoms with E-state index in [4.69, 9.17) is 9.47 Å². The van der Waals surface area contributed by atoms with Crippen molar-refractivity contribution in [1.82, 2.24) is 10.0 Å². The Morgan fingerprint density at radius 2 is 1.00 bits per heavy atom. The Morgan fingerprint density at radius 1 is 0.632 bits per heavy atom. The third-order valence-electron chi connectivity index (χ3n) is 8.52. The largest absolute Gasteiger partial charge is 0.318 e. The van der Waals surface area contributed by atoms with Gasteiger partial charge in [-0.25, -0.2) is 0 Å². The molecule has 5 heterocycles. The van der Waals surface area contributed by atoms with Crippen LogP contribution in [0.2, 0.25) is 0 Å². The van der Waals surface area contributed by atoms with Gasteiger partial charge in [-0.3, -0.25) is 10.0 Å². The summed E-state index contributed by atoms with van der Waals surface area (Å²) in [5.74, 6) is -0.881. The van der Waals surface area contributed by atoms with Gasteiger partial charge in [0.15, 0.2) is 18.6 Å². The number of anilines is 2. The van der Waals surface area contributed by atoms with Crippen molar-refractivity contribution in [1.29, 1.82) is 0 Å². The summed E-state index contributed by atoms with van der Waals surface area (Å²) in [6.07, 6.45) is 8.37. The van der Waals surface area contributed by atoms with Gasteiger partial charge in [-0.05, 0) is 75.9 Å². The lowest BCUT2D eigenvalue weighted by molar-refractivity contribution is -0.481. The van der Waals surface area contributed by atoms with Crippen LogP contribution in [0.5, 0.6) is 0 Å². The molecule has 0 bridgehead atoms. The maximum absolute atomic E-state index is 7.03. The van der Waals surface area contributed by atoms with E-state index in [1.54, 1.807) is 0 Å². The van der Waals surface area contributed by atoms with Gasteiger partial charge in [0.1, 0.15) is 0 Å². The Balaban J connectivity index is 1.42. The lowest BCUT2D eigenvalue weighted by Crippen LogP contribution is -2.72. The average Bonchev–Trinajstić information content (AvgIpc) is 3.40. The van der Waals surface area contributed by atoms with E-state index < -0.39 is 5.79 Å². The highest BCUT2D eigenvalue weighted by Crippen LogP contribution is 2.60. The van der Waals surface area contributed by atoms with Crippen molar-refractivity contribution < 1.29 is 9.47 Å². The zero-order chi connectivity index (χ0) is 26.9. The van der Waals surface area contributed by atoms with Crippen molar-refractivity contribution in [2.45, 2.75) is 86.7 Å². The van der Waals surface area contributed by atoms with Gasteiger partial charge >= 0.3 is 0 Å². The van der Waals surface area contributed by atoms with Crippen LogP contribution < -0.4 is 9.80 Å². The minimum atomic E-state index is -0.881. The first-order valence-electron chi connectivity index (χ1n) is 13.7. The van der Waals surface area contributed by atoms with Crippen LogP contribution in [-0.2, 0) is 9.47 Å². The molecule has 198 valence electrons. The van der Waals surface area contributed by atoms with E-state index in [1.807, 2.05) is 0 Å². The van der Waals surface area contributed by atoms with Crippen molar-refractivity contribution >= 4 is 11.4 Å². The molecule has 0 saturated carbocycles. The zero-order valence-corrected chi connectivity index (χ0v) is 24.0. The van der Waals surface area contributed by atoms with E-state index in [0.717, 1.165) is 11.4 Å².